The second-order valence-corrected chi connectivity index (χ2v) is 6.89. The fourth-order valence-corrected chi connectivity index (χ4v) is 2.33. The standard InChI is InChI=1S/C18H21N5O2/c1-23(2,3)10-11-25-18-17(15-6-4-5-9-22(15)21-18)20-14-8-7-13(19)12-16(14)24/h4-9,12H,10-11H2,1-3H3,(H-,19,24)/p+1. The molecule has 3 rings (SSSR count). The maximum atomic E-state index is 12.1. The van der Waals surface area contributed by atoms with E-state index in [0.29, 0.717) is 29.6 Å². The number of hydrogen-bond donors (Lipinski definition) is 1. The summed E-state index contributed by atoms with van der Waals surface area (Å²) < 4.78 is 8.34. The van der Waals surface area contributed by atoms with Gasteiger partial charge in [0, 0.05) is 18.0 Å². The number of hydrogen-bond acceptors (Lipinski definition) is 5. The van der Waals surface area contributed by atoms with Gasteiger partial charge in [-0.15, -0.1) is 5.10 Å². The molecule has 0 saturated heterocycles. The smallest absolute Gasteiger partial charge is 0.260 e. The van der Waals surface area contributed by atoms with Gasteiger partial charge in [0.25, 0.3) is 5.88 Å². The van der Waals surface area contributed by atoms with Crippen molar-refractivity contribution in [1.29, 1.82) is 0 Å². The Bertz CT molecular complexity index is 900. The van der Waals surface area contributed by atoms with Crippen LogP contribution in [0, 0.1) is 0 Å². The van der Waals surface area contributed by atoms with E-state index in [1.165, 1.54) is 6.08 Å². The molecule has 2 aromatic rings. The van der Waals surface area contributed by atoms with Crippen LogP contribution >= 0.6 is 0 Å². The number of carbonyl (C=O) groups excluding carboxylic acids is 1. The molecule has 0 saturated carbocycles. The molecule has 0 aliphatic heterocycles. The van der Waals surface area contributed by atoms with Crippen LogP contribution in [0.4, 0.5) is 5.69 Å². The number of carbonyl (C=O) groups is 1. The number of quaternary nitrogens is 1. The summed E-state index contributed by atoms with van der Waals surface area (Å²) in [7, 11) is 6.28. The first-order valence-electron chi connectivity index (χ1n) is 8.02. The third kappa shape index (κ3) is 3.95. The number of pyridine rings is 1. The number of ketones is 1. The summed E-state index contributed by atoms with van der Waals surface area (Å²) in [5.41, 5.74) is 7.69. The van der Waals surface area contributed by atoms with Crippen molar-refractivity contribution < 1.29 is 14.0 Å². The zero-order valence-electron chi connectivity index (χ0n) is 14.6. The zero-order chi connectivity index (χ0) is 18.0. The Balaban J connectivity index is 1.97. The van der Waals surface area contributed by atoms with E-state index in [2.05, 4.69) is 31.2 Å². The minimum atomic E-state index is -0.229. The number of allylic oxidation sites excluding steroid dienone is 3. The molecule has 0 aromatic carbocycles. The molecule has 7 heteroatoms. The van der Waals surface area contributed by atoms with Crippen molar-refractivity contribution in [2.75, 3.05) is 34.3 Å². The summed E-state index contributed by atoms with van der Waals surface area (Å²) in [5, 5.41) is 4.44. The Labute approximate surface area is 146 Å². The highest BCUT2D eigenvalue weighted by Gasteiger charge is 2.18. The first kappa shape index (κ1) is 16.9. The summed E-state index contributed by atoms with van der Waals surface area (Å²) >= 11 is 0. The molecule has 0 atom stereocenters. The largest absolute Gasteiger partial charge is 0.469 e. The van der Waals surface area contributed by atoms with Crippen molar-refractivity contribution in [2.24, 2.45) is 10.7 Å². The van der Waals surface area contributed by atoms with E-state index in [-0.39, 0.29) is 5.78 Å². The molecular weight excluding hydrogens is 318 g/mol. The second-order valence-electron chi connectivity index (χ2n) is 6.89. The number of aliphatic imine (C=N–C) groups is 1. The van der Waals surface area contributed by atoms with Crippen LogP contribution in [0.3, 0.4) is 0 Å². The average Bonchev–Trinajstić information content (AvgIpc) is 2.87. The molecule has 0 fully saturated rings. The summed E-state index contributed by atoms with van der Waals surface area (Å²) in [6.45, 7) is 1.32. The van der Waals surface area contributed by atoms with Gasteiger partial charge < -0.3 is 15.0 Å². The van der Waals surface area contributed by atoms with Gasteiger partial charge in [-0.25, -0.2) is 9.51 Å². The third-order valence-electron chi connectivity index (χ3n) is 3.70. The van der Waals surface area contributed by atoms with Crippen LogP contribution in [-0.2, 0) is 4.79 Å². The van der Waals surface area contributed by atoms with Crippen LogP contribution < -0.4 is 10.5 Å². The first-order valence-corrected chi connectivity index (χ1v) is 8.02. The second kappa shape index (κ2) is 6.52. The summed E-state index contributed by atoms with van der Waals surface area (Å²) in [5.74, 6) is 0.184. The average molecular weight is 340 g/mol. The Morgan fingerprint density at radius 3 is 2.80 bits per heavy atom. The lowest BCUT2D eigenvalue weighted by Gasteiger charge is -2.23. The lowest BCUT2D eigenvalue weighted by atomic mass is 10.1. The summed E-state index contributed by atoms with van der Waals surface area (Å²) in [4.78, 5) is 16.6. The van der Waals surface area contributed by atoms with E-state index in [4.69, 9.17) is 10.5 Å². The first-order chi connectivity index (χ1) is 11.8. The molecule has 0 amide bonds. The van der Waals surface area contributed by atoms with E-state index < -0.39 is 0 Å². The molecule has 25 heavy (non-hydrogen) atoms. The van der Waals surface area contributed by atoms with E-state index in [0.717, 1.165) is 16.5 Å². The van der Waals surface area contributed by atoms with Crippen molar-refractivity contribution in [3.05, 3.63) is 48.3 Å². The predicted molar refractivity (Wildman–Crippen MR) is 97.1 cm³/mol. The van der Waals surface area contributed by atoms with Crippen molar-refractivity contribution in [3.63, 3.8) is 0 Å². The molecule has 2 aromatic heterocycles. The molecule has 2 N–H and O–H groups in total. The molecule has 0 unspecified atom stereocenters. The molecular formula is C18H22N5O2+. The highest BCUT2D eigenvalue weighted by Crippen LogP contribution is 2.32. The van der Waals surface area contributed by atoms with E-state index in [9.17, 15) is 4.79 Å². The Morgan fingerprint density at radius 2 is 2.08 bits per heavy atom. The minimum absolute atomic E-state index is 0.229. The maximum absolute atomic E-state index is 12.1. The fraction of sp³-hybridized carbons (Fsp3) is 0.278. The molecule has 0 bridgehead atoms. The Morgan fingerprint density at radius 1 is 1.28 bits per heavy atom. The van der Waals surface area contributed by atoms with Crippen molar-refractivity contribution >= 4 is 22.7 Å². The van der Waals surface area contributed by atoms with Crippen LogP contribution in [0.5, 0.6) is 5.88 Å². The van der Waals surface area contributed by atoms with Crippen LogP contribution in [0.2, 0.25) is 0 Å². The van der Waals surface area contributed by atoms with Gasteiger partial charge in [-0.1, -0.05) is 6.07 Å². The van der Waals surface area contributed by atoms with Gasteiger partial charge in [0.15, 0.2) is 5.69 Å². The predicted octanol–water partition coefficient (Wildman–Crippen LogP) is 1.47. The number of nitrogens with zero attached hydrogens (tertiary/aromatic N) is 4. The van der Waals surface area contributed by atoms with Crippen LogP contribution in [0.1, 0.15) is 0 Å². The third-order valence-corrected chi connectivity index (χ3v) is 3.70. The molecule has 130 valence electrons. The monoisotopic (exact) mass is 340 g/mol. The Hall–Kier alpha value is -2.93. The fourth-order valence-electron chi connectivity index (χ4n) is 2.33. The van der Waals surface area contributed by atoms with Crippen LogP contribution in [0.25, 0.3) is 5.52 Å². The Kier molecular flexibility index (Phi) is 4.41. The minimum Gasteiger partial charge on any atom is -0.469 e. The van der Waals surface area contributed by atoms with Crippen molar-refractivity contribution in [3.8, 4) is 5.88 Å². The van der Waals surface area contributed by atoms with E-state index >= 15 is 0 Å². The van der Waals surface area contributed by atoms with Gasteiger partial charge in [-0.2, -0.15) is 0 Å². The summed E-state index contributed by atoms with van der Waals surface area (Å²) in [6.07, 6.45) is 6.45. The molecule has 1 aliphatic carbocycles. The van der Waals surface area contributed by atoms with Gasteiger partial charge >= 0.3 is 0 Å². The molecule has 7 nitrogen and oxygen atoms in total. The lowest BCUT2D eigenvalue weighted by Crippen LogP contribution is -2.38. The van der Waals surface area contributed by atoms with E-state index in [1.54, 1.807) is 16.7 Å². The van der Waals surface area contributed by atoms with Crippen LogP contribution in [0.15, 0.2) is 53.3 Å². The number of fused-ring (bicyclic) bond motifs is 1. The van der Waals surface area contributed by atoms with Crippen LogP contribution in [-0.4, -0.2) is 59.9 Å². The van der Waals surface area contributed by atoms with Gasteiger partial charge in [0.1, 0.15) is 18.9 Å². The van der Waals surface area contributed by atoms with E-state index in [1.807, 2.05) is 24.4 Å². The normalized spacial score (nSPS) is 16.5. The quantitative estimate of drug-likeness (QED) is 0.660. The lowest BCUT2D eigenvalue weighted by molar-refractivity contribution is -0.870. The van der Waals surface area contributed by atoms with Gasteiger partial charge in [0.2, 0.25) is 5.78 Å². The molecule has 2 heterocycles. The highest BCUT2D eigenvalue weighted by molar-refractivity contribution is 6.49. The number of likely N-dealkylation sites (N-methyl/N-ethyl adjacent to an activating group) is 1. The number of rotatable bonds is 5. The SMILES string of the molecule is C[N+](C)(C)CCOc1nn2ccccc2c1N=C1C=CC(N)=CC1=O. The molecule has 1 aliphatic rings. The van der Waals surface area contributed by atoms with Gasteiger partial charge in [-0.3, -0.25) is 4.79 Å². The van der Waals surface area contributed by atoms with Crippen molar-refractivity contribution in [2.45, 2.75) is 0 Å². The molecule has 0 radical (unpaired) electrons. The van der Waals surface area contributed by atoms with Gasteiger partial charge in [-0.05, 0) is 24.3 Å². The number of aromatic nitrogens is 2. The highest BCUT2D eigenvalue weighted by atomic mass is 16.5. The maximum Gasteiger partial charge on any atom is 0.260 e. The van der Waals surface area contributed by atoms with Gasteiger partial charge in [0.05, 0.1) is 26.7 Å². The topological polar surface area (TPSA) is 82.0 Å². The number of ether oxygens (including phenoxy) is 1. The zero-order valence-corrected chi connectivity index (χ0v) is 14.6. The number of nitrogens with two attached hydrogens (primary N) is 1. The summed E-state index contributed by atoms with van der Waals surface area (Å²) in [6, 6.07) is 5.66. The van der Waals surface area contributed by atoms with Crippen molar-refractivity contribution in [1.82, 2.24) is 9.61 Å². The molecule has 0 spiro atoms.